The number of alkyl carbamates (subject to hydrolysis) is 1. The summed E-state index contributed by atoms with van der Waals surface area (Å²) in [5.74, 6) is -3.11. The number of carbonyl (C=O) groups is 3. The van der Waals surface area contributed by atoms with Crippen LogP contribution in [0, 0.1) is 17.8 Å². The monoisotopic (exact) mass is 434 g/mol. The molecule has 0 aliphatic carbocycles. The average molecular weight is 435 g/mol. The van der Waals surface area contributed by atoms with Gasteiger partial charge in [0.1, 0.15) is 18.1 Å². The molecule has 0 bridgehead atoms. The lowest BCUT2D eigenvalue weighted by Crippen LogP contribution is -2.50. The Morgan fingerprint density at radius 2 is 1.84 bits per heavy atom. The number of Topliss-reactive ketones (excluding diaryl/α,β-unsaturated/α-hetero) is 1. The van der Waals surface area contributed by atoms with E-state index >= 15 is 0 Å². The quantitative estimate of drug-likeness (QED) is 0.610. The summed E-state index contributed by atoms with van der Waals surface area (Å²) >= 11 is 0. The van der Waals surface area contributed by atoms with Gasteiger partial charge in [0.05, 0.1) is 6.04 Å². The van der Waals surface area contributed by atoms with E-state index in [0.717, 1.165) is 10.6 Å². The molecular formula is C23H34N2O6. The number of aliphatic hydroxyl groups is 1. The van der Waals surface area contributed by atoms with Crippen LogP contribution >= 0.6 is 0 Å². The van der Waals surface area contributed by atoms with Crippen LogP contribution in [0.2, 0.25) is 0 Å². The summed E-state index contributed by atoms with van der Waals surface area (Å²) in [7, 11) is 0. The van der Waals surface area contributed by atoms with Gasteiger partial charge >= 0.3 is 6.09 Å². The van der Waals surface area contributed by atoms with E-state index in [1.54, 1.807) is 27.7 Å². The van der Waals surface area contributed by atoms with Gasteiger partial charge in [0, 0.05) is 5.92 Å². The molecule has 0 saturated carbocycles. The zero-order valence-corrected chi connectivity index (χ0v) is 19.1. The Morgan fingerprint density at radius 1 is 1.23 bits per heavy atom. The predicted octanol–water partition coefficient (Wildman–Crippen LogP) is 3.04. The minimum Gasteiger partial charge on any atom is -0.444 e. The molecule has 0 aromatic heterocycles. The Hall–Kier alpha value is -2.45. The fourth-order valence-corrected chi connectivity index (χ4v) is 3.47. The maximum atomic E-state index is 13.3. The number of aliphatic hydroxyl groups excluding tert-OH is 1. The second kappa shape index (κ2) is 10.2. The molecule has 1 heterocycles. The second-order valence-electron chi connectivity index (χ2n) is 9.09. The first-order valence-corrected chi connectivity index (χ1v) is 10.7. The molecule has 2 amide bonds. The number of carbonyl (C=O) groups excluding carboxylic acids is 3. The van der Waals surface area contributed by atoms with Gasteiger partial charge in [0.2, 0.25) is 0 Å². The third-order valence-electron chi connectivity index (χ3n) is 5.43. The minimum atomic E-state index is -1.26. The van der Waals surface area contributed by atoms with Crippen LogP contribution in [-0.4, -0.2) is 45.8 Å². The Morgan fingerprint density at radius 3 is 2.39 bits per heavy atom. The number of nitrogens with zero attached hydrogens (tertiary/aromatic N) is 1. The van der Waals surface area contributed by atoms with Crippen molar-refractivity contribution in [2.24, 2.45) is 17.8 Å². The van der Waals surface area contributed by atoms with E-state index in [1.807, 2.05) is 44.2 Å². The lowest BCUT2D eigenvalue weighted by molar-refractivity contribution is -0.230. The van der Waals surface area contributed by atoms with Crippen LogP contribution in [0.1, 0.15) is 53.5 Å². The highest BCUT2D eigenvalue weighted by atomic mass is 16.7. The maximum absolute atomic E-state index is 13.3. The molecule has 1 fully saturated rings. The van der Waals surface area contributed by atoms with Crippen molar-refractivity contribution in [1.82, 2.24) is 10.4 Å². The third kappa shape index (κ3) is 6.27. The van der Waals surface area contributed by atoms with E-state index in [4.69, 9.17) is 9.57 Å². The molecule has 1 unspecified atom stereocenters. The molecule has 1 aliphatic rings. The van der Waals surface area contributed by atoms with Crippen LogP contribution in [0.5, 0.6) is 0 Å². The number of ketones is 1. The standard InChI is InChI=1S/C23H34N2O6/c1-7-14(2)18(24-22(29)31-23(4,5)6)19(26)17-15(3)20(27)25(21(17)28)30-13-16-11-9-8-10-12-16/h8-12,14-15,17-18,20,27H,7,13H2,1-6H3,(H,24,29)/t14-,15+,17-,18+,20?/m1/s1. The van der Waals surface area contributed by atoms with Crippen LogP contribution in [0.3, 0.4) is 0 Å². The van der Waals surface area contributed by atoms with Crippen LogP contribution < -0.4 is 5.32 Å². The van der Waals surface area contributed by atoms with Gasteiger partial charge in [-0.3, -0.25) is 14.4 Å². The Bertz CT molecular complexity index is 776. The predicted molar refractivity (Wildman–Crippen MR) is 114 cm³/mol. The van der Waals surface area contributed by atoms with Crippen molar-refractivity contribution in [3.8, 4) is 0 Å². The molecule has 2 rings (SSSR count). The Labute approximate surface area is 183 Å². The summed E-state index contributed by atoms with van der Waals surface area (Å²) in [6, 6.07) is 8.30. The fraction of sp³-hybridized carbons (Fsp3) is 0.609. The molecule has 8 heteroatoms. The topological polar surface area (TPSA) is 105 Å². The smallest absolute Gasteiger partial charge is 0.408 e. The van der Waals surface area contributed by atoms with Gasteiger partial charge in [-0.25, -0.2) is 4.79 Å². The highest BCUT2D eigenvalue weighted by molar-refractivity contribution is 6.06. The van der Waals surface area contributed by atoms with E-state index in [2.05, 4.69) is 5.32 Å². The Balaban J connectivity index is 2.15. The normalized spacial score (nSPS) is 23.4. The molecule has 1 aromatic carbocycles. The van der Waals surface area contributed by atoms with Crippen LogP contribution in [-0.2, 0) is 25.8 Å². The fourth-order valence-electron chi connectivity index (χ4n) is 3.47. The third-order valence-corrected chi connectivity index (χ3v) is 5.43. The molecule has 2 N–H and O–H groups in total. The largest absolute Gasteiger partial charge is 0.444 e. The molecule has 1 aromatic rings. The molecule has 8 nitrogen and oxygen atoms in total. The second-order valence-corrected chi connectivity index (χ2v) is 9.09. The average Bonchev–Trinajstić information content (AvgIpc) is 2.91. The Kier molecular flexibility index (Phi) is 8.20. The number of hydrogen-bond acceptors (Lipinski definition) is 6. The lowest BCUT2D eigenvalue weighted by atomic mass is 9.83. The molecule has 0 spiro atoms. The van der Waals surface area contributed by atoms with Gasteiger partial charge in [-0.2, -0.15) is 5.06 Å². The summed E-state index contributed by atoms with van der Waals surface area (Å²) in [6.07, 6.45) is -1.37. The number of amides is 2. The highest BCUT2D eigenvalue weighted by Crippen LogP contribution is 2.33. The number of hydroxylamine groups is 2. The maximum Gasteiger partial charge on any atom is 0.408 e. The number of benzene rings is 1. The van der Waals surface area contributed by atoms with E-state index in [9.17, 15) is 19.5 Å². The van der Waals surface area contributed by atoms with Crippen LogP contribution in [0.25, 0.3) is 0 Å². The molecule has 5 atom stereocenters. The van der Waals surface area contributed by atoms with Crippen molar-refractivity contribution in [2.45, 2.75) is 72.4 Å². The van der Waals surface area contributed by atoms with E-state index in [-0.39, 0.29) is 12.5 Å². The zero-order chi connectivity index (χ0) is 23.3. The molecule has 31 heavy (non-hydrogen) atoms. The van der Waals surface area contributed by atoms with Crippen LogP contribution in [0.4, 0.5) is 4.79 Å². The summed E-state index contributed by atoms with van der Waals surface area (Å²) < 4.78 is 5.29. The van der Waals surface area contributed by atoms with Crippen molar-refractivity contribution < 1.29 is 29.1 Å². The summed E-state index contributed by atoms with van der Waals surface area (Å²) in [5, 5.41) is 14.1. The van der Waals surface area contributed by atoms with E-state index in [0.29, 0.717) is 6.42 Å². The number of nitrogens with one attached hydrogen (secondary N) is 1. The summed E-state index contributed by atoms with van der Waals surface area (Å²) in [4.78, 5) is 44.2. The van der Waals surface area contributed by atoms with E-state index in [1.165, 1.54) is 0 Å². The number of rotatable bonds is 8. The van der Waals surface area contributed by atoms with Crippen molar-refractivity contribution >= 4 is 17.8 Å². The van der Waals surface area contributed by atoms with E-state index < -0.39 is 47.5 Å². The first-order chi connectivity index (χ1) is 14.5. The molecule has 0 radical (unpaired) electrons. The molecule has 172 valence electrons. The van der Waals surface area contributed by atoms with Gasteiger partial charge in [0.25, 0.3) is 5.91 Å². The van der Waals surface area contributed by atoms with Gasteiger partial charge < -0.3 is 15.2 Å². The van der Waals surface area contributed by atoms with Gasteiger partial charge in [-0.1, -0.05) is 57.5 Å². The van der Waals surface area contributed by atoms with Crippen molar-refractivity contribution in [3.63, 3.8) is 0 Å². The first kappa shape index (κ1) is 24.8. The summed E-state index contributed by atoms with van der Waals surface area (Å²) in [6.45, 7) is 10.6. The zero-order valence-electron chi connectivity index (χ0n) is 19.1. The highest BCUT2D eigenvalue weighted by Gasteiger charge is 2.52. The van der Waals surface area contributed by atoms with Gasteiger partial charge in [-0.05, 0) is 32.3 Å². The molecule has 1 aliphatic heterocycles. The first-order valence-electron chi connectivity index (χ1n) is 10.7. The van der Waals surface area contributed by atoms with Crippen molar-refractivity contribution in [2.75, 3.05) is 0 Å². The van der Waals surface area contributed by atoms with Gasteiger partial charge in [-0.15, -0.1) is 0 Å². The molecular weight excluding hydrogens is 400 g/mol. The summed E-state index contributed by atoms with van der Waals surface area (Å²) in [5.41, 5.74) is 0.107. The number of hydrogen-bond donors (Lipinski definition) is 2. The SMILES string of the molecule is CC[C@@H](C)[C@H](NC(=O)OC(C)(C)C)C(=O)[C@@H]1C(=O)N(OCc2ccccc2)C(O)[C@H]1C. The van der Waals surface area contributed by atoms with Gasteiger partial charge in [0.15, 0.2) is 12.0 Å². The van der Waals surface area contributed by atoms with Crippen molar-refractivity contribution in [3.05, 3.63) is 35.9 Å². The number of ether oxygens (including phenoxy) is 1. The lowest BCUT2D eigenvalue weighted by Gasteiger charge is -2.28. The van der Waals surface area contributed by atoms with Crippen LogP contribution in [0.15, 0.2) is 30.3 Å². The van der Waals surface area contributed by atoms with Crippen molar-refractivity contribution in [1.29, 1.82) is 0 Å². The molecule has 1 saturated heterocycles. The minimum absolute atomic E-state index is 0.0855.